The number of esters is 2. The number of hydrogen-bond donors (Lipinski definition) is 1. The molecule has 2 fully saturated rings. The summed E-state index contributed by atoms with van der Waals surface area (Å²) in [7, 11) is 1.98. The highest BCUT2D eigenvalue weighted by molar-refractivity contribution is 5.97. The number of rotatable bonds is 2. The zero-order chi connectivity index (χ0) is 15.9. The van der Waals surface area contributed by atoms with Crippen LogP contribution in [0.15, 0.2) is 30.3 Å². The van der Waals surface area contributed by atoms with Crippen molar-refractivity contribution in [3.63, 3.8) is 0 Å². The lowest BCUT2D eigenvalue weighted by Gasteiger charge is -2.43. The van der Waals surface area contributed by atoms with Crippen molar-refractivity contribution in [2.45, 2.75) is 38.0 Å². The summed E-state index contributed by atoms with van der Waals surface area (Å²) in [5.74, 6) is -1.95. The van der Waals surface area contributed by atoms with Gasteiger partial charge in [-0.1, -0.05) is 25.1 Å². The van der Waals surface area contributed by atoms with Crippen molar-refractivity contribution in [1.82, 2.24) is 4.90 Å². The minimum absolute atomic E-state index is 0.00636. The van der Waals surface area contributed by atoms with Crippen LogP contribution in [0.2, 0.25) is 0 Å². The molecule has 0 amide bonds. The Balaban J connectivity index is 1.75. The highest BCUT2D eigenvalue weighted by Gasteiger charge is 2.52. The molecule has 0 radical (unpaired) electrons. The maximum atomic E-state index is 12.4. The first-order valence-electron chi connectivity index (χ1n) is 7.71. The molecule has 3 rings (SSSR count). The molecule has 0 saturated carbocycles. The smallest absolute Gasteiger partial charge is 0.345 e. The van der Waals surface area contributed by atoms with E-state index in [4.69, 9.17) is 4.74 Å². The highest BCUT2D eigenvalue weighted by atomic mass is 16.6. The molecule has 0 spiro atoms. The molecule has 1 aromatic carbocycles. The van der Waals surface area contributed by atoms with Crippen LogP contribution in [0.4, 0.5) is 0 Å². The average molecular weight is 303 g/mol. The normalized spacial score (nSPS) is 34.4. The fourth-order valence-corrected chi connectivity index (χ4v) is 3.93. The third-order valence-electron chi connectivity index (χ3n) is 5.21. The second-order valence-electron chi connectivity index (χ2n) is 6.33. The van der Waals surface area contributed by atoms with E-state index in [1.165, 1.54) is 0 Å². The summed E-state index contributed by atoms with van der Waals surface area (Å²) < 4.78 is 5.03. The Morgan fingerprint density at radius 1 is 1.18 bits per heavy atom. The van der Waals surface area contributed by atoms with Gasteiger partial charge >= 0.3 is 11.9 Å². The van der Waals surface area contributed by atoms with Crippen molar-refractivity contribution in [2.24, 2.45) is 11.8 Å². The average Bonchev–Trinajstić information content (AvgIpc) is 2.82. The second-order valence-corrected chi connectivity index (χ2v) is 6.33. The zero-order valence-corrected chi connectivity index (χ0v) is 12.8. The number of fused-ring (bicyclic) bond motifs is 2. The summed E-state index contributed by atoms with van der Waals surface area (Å²) in [6.45, 7) is 1.95. The lowest BCUT2D eigenvalue weighted by molar-refractivity contribution is -0.156. The van der Waals surface area contributed by atoms with Crippen LogP contribution in [0.25, 0.3) is 0 Å². The number of aliphatic hydroxyl groups excluding tert-OH is 1. The summed E-state index contributed by atoms with van der Waals surface area (Å²) >= 11 is 0. The van der Waals surface area contributed by atoms with Gasteiger partial charge < -0.3 is 9.84 Å². The van der Waals surface area contributed by atoms with E-state index in [0.717, 1.165) is 12.8 Å². The van der Waals surface area contributed by atoms with Crippen molar-refractivity contribution in [3.8, 4) is 0 Å². The molecule has 118 valence electrons. The van der Waals surface area contributed by atoms with Crippen LogP contribution < -0.4 is 0 Å². The van der Waals surface area contributed by atoms with Crippen molar-refractivity contribution < 1.29 is 19.4 Å². The predicted molar refractivity (Wildman–Crippen MR) is 80.1 cm³/mol. The fraction of sp³-hybridized carbons (Fsp3) is 0.529. The minimum atomic E-state index is -0.759. The molecule has 5 nitrogen and oxygen atoms in total. The van der Waals surface area contributed by atoms with Crippen LogP contribution in [0.3, 0.4) is 0 Å². The van der Waals surface area contributed by atoms with Crippen molar-refractivity contribution in [1.29, 1.82) is 0 Å². The quantitative estimate of drug-likeness (QED) is 0.662. The summed E-state index contributed by atoms with van der Waals surface area (Å²) in [6, 6.07) is 8.68. The van der Waals surface area contributed by atoms with E-state index >= 15 is 0 Å². The van der Waals surface area contributed by atoms with Crippen molar-refractivity contribution in [2.75, 3.05) is 7.05 Å². The molecule has 2 saturated heterocycles. The first kappa shape index (κ1) is 15.2. The number of benzene rings is 1. The number of nitrogens with zero attached hydrogens (tertiary/aromatic N) is 1. The van der Waals surface area contributed by atoms with Gasteiger partial charge in [0.15, 0.2) is 0 Å². The number of aliphatic hydroxyl groups is 1. The Bertz CT molecular complexity index is 573. The van der Waals surface area contributed by atoms with Crippen LogP contribution in [-0.2, 0) is 9.53 Å². The van der Waals surface area contributed by atoms with Crippen molar-refractivity contribution in [3.05, 3.63) is 35.9 Å². The van der Waals surface area contributed by atoms with Gasteiger partial charge in [0.1, 0.15) is 0 Å². The van der Waals surface area contributed by atoms with Gasteiger partial charge in [0.25, 0.3) is 0 Å². The summed E-state index contributed by atoms with van der Waals surface area (Å²) in [5, 5.41) is 10.5. The van der Waals surface area contributed by atoms with Crippen LogP contribution in [0.1, 0.15) is 30.1 Å². The molecule has 2 bridgehead atoms. The molecule has 1 aromatic rings. The zero-order valence-electron chi connectivity index (χ0n) is 12.8. The van der Waals surface area contributed by atoms with E-state index in [2.05, 4.69) is 4.90 Å². The number of piperidine rings is 1. The van der Waals surface area contributed by atoms with Crippen LogP contribution in [0, 0.1) is 11.8 Å². The third-order valence-corrected chi connectivity index (χ3v) is 5.21. The van der Waals surface area contributed by atoms with Gasteiger partial charge in [-0.3, -0.25) is 9.69 Å². The topological polar surface area (TPSA) is 66.8 Å². The van der Waals surface area contributed by atoms with E-state index < -0.39 is 24.0 Å². The molecule has 0 aliphatic carbocycles. The molecule has 2 aliphatic rings. The van der Waals surface area contributed by atoms with Gasteiger partial charge in [-0.2, -0.15) is 0 Å². The first-order chi connectivity index (χ1) is 10.5. The van der Waals surface area contributed by atoms with Crippen LogP contribution in [-0.4, -0.2) is 47.2 Å². The maximum Gasteiger partial charge on any atom is 0.345 e. The number of ether oxygens (including phenoxy) is 1. The van der Waals surface area contributed by atoms with Crippen LogP contribution >= 0.6 is 0 Å². The van der Waals surface area contributed by atoms with E-state index in [1.54, 1.807) is 30.3 Å². The van der Waals surface area contributed by atoms with Gasteiger partial charge in [0.2, 0.25) is 0 Å². The van der Waals surface area contributed by atoms with Gasteiger partial charge in [0, 0.05) is 12.1 Å². The molecule has 2 aliphatic heterocycles. The molecule has 0 aromatic heterocycles. The molecular weight excluding hydrogens is 282 g/mol. The third kappa shape index (κ3) is 2.44. The Labute approximate surface area is 129 Å². The lowest BCUT2D eigenvalue weighted by Crippen LogP contribution is -2.56. The van der Waals surface area contributed by atoms with Gasteiger partial charge in [0.05, 0.1) is 17.6 Å². The fourth-order valence-electron chi connectivity index (χ4n) is 3.93. The van der Waals surface area contributed by atoms with Gasteiger partial charge in [-0.15, -0.1) is 0 Å². The molecule has 5 heteroatoms. The highest BCUT2D eigenvalue weighted by Crippen LogP contribution is 2.42. The van der Waals surface area contributed by atoms with E-state index in [9.17, 15) is 14.7 Å². The number of hydrogen-bond acceptors (Lipinski definition) is 5. The van der Waals surface area contributed by atoms with E-state index in [0.29, 0.717) is 11.6 Å². The summed E-state index contributed by atoms with van der Waals surface area (Å²) in [4.78, 5) is 26.6. The van der Waals surface area contributed by atoms with E-state index in [-0.39, 0.29) is 12.0 Å². The van der Waals surface area contributed by atoms with Crippen molar-refractivity contribution >= 4 is 11.9 Å². The molecular formula is C17H21NO4. The van der Waals surface area contributed by atoms with Gasteiger partial charge in [-0.05, 0) is 37.9 Å². The number of carbonyl (C=O) groups excluding carboxylic acids is 2. The predicted octanol–water partition coefficient (Wildman–Crippen LogP) is 1.46. The monoisotopic (exact) mass is 303 g/mol. The Hall–Kier alpha value is -1.72. The Morgan fingerprint density at radius 3 is 2.50 bits per heavy atom. The first-order valence-corrected chi connectivity index (χ1v) is 7.71. The molecule has 1 unspecified atom stereocenters. The largest absolute Gasteiger partial charge is 0.392 e. The van der Waals surface area contributed by atoms with E-state index in [1.807, 2.05) is 14.0 Å². The maximum absolute atomic E-state index is 12.4. The van der Waals surface area contributed by atoms with Gasteiger partial charge in [-0.25, -0.2) is 4.79 Å². The lowest BCUT2D eigenvalue weighted by atomic mass is 9.81. The molecule has 1 N–H and O–H groups in total. The Kier molecular flexibility index (Phi) is 4.02. The van der Waals surface area contributed by atoms with Crippen LogP contribution in [0.5, 0.6) is 0 Å². The minimum Gasteiger partial charge on any atom is -0.392 e. The number of carbonyl (C=O) groups is 2. The summed E-state index contributed by atoms with van der Waals surface area (Å²) in [6.07, 6.45) is 1.06. The summed E-state index contributed by atoms with van der Waals surface area (Å²) in [5.41, 5.74) is 0.340. The molecule has 5 atom stereocenters. The molecule has 22 heavy (non-hydrogen) atoms. The SMILES string of the molecule is CC1[C@H](O)[C@H](C(=O)OC(=O)c2ccccc2)[C@H]2CC[C@@H]1N2C. The molecule has 2 heterocycles. The second kappa shape index (κ2) is 5.82. The standard InChI is InChI=1S/C17H21NO4/c1-10-12-8-9-13(18(12)2)14(15(10)19)17(21)22-16(20)11-6-4-3-5-7-11/h3-7,10,12-15,19H,8-9H2,1-2H3/t10?,12-,13+,14+,15-/m0/s1. The Morgan fingerprint density at radius 2 is 1.82 bits per heavy atom.